The number of carbonyl (C=O) groups excluding carboxylic acids is 1. The number of aromatic hydroxyl groups is 1. The normalized spacial score (nSPS) is 13.4. The van der Waals surface area contributed by atoms with Crippen LogP contribution >= 0.6 is 11.3 Å². The molecule has 3 aromatic rings. The van der Waals surface area contributed by atoms with Crippen LogP contribution in [0.2, 0.25) is 0 Å². The van der Waals surface area contributed by atoms with Gasteiger partial charge in [-0.25, -0.2) is 4.79 Å². The third kappa shape index (κ3) is 5.95. The van der Waals surface area contributed by atoms with E-state index in [1.165, 1.54) is 15.6 Å². The lowest BCUT2D eigenvalue weighted by Crippen LogP contribution is -2.47. The second-order valence-electron chi connectivity index (χ2n) is 7.70. The molecule has 6 heteroatoms. The van der Waals surface area contributed by atoms with Gasteiger partial charge in [0, 0.05) is 23.3 Å². The molecular formula is C23H29N3O2S. The molecule has 0 saturated carbocycles. The maximum atomic E-state index is 12.4. The lowest BCUT2D eigenvalue weighted by molar-refractivity contribution is 0.229. The molecule has 0 unspecified atom stereocenters. The number of benzene rings is 2. The Morgan fingerprint density at radius 2 is 1.83 bits per heavy atom. The van der Waals surface area contributed by atoms with Crippen molar-refractivity contribution in [3.63, 3.8) is 0 Å². The van der Waals surface area contributed by atoms with Crippen molar-refractivity contribution in [1.82, 2.24) is 15.5 Å². The molecule has 2 aromatic carbocycles. The predicted octanol–water partition coefficient (Wildman–Crippen LogP) is 4.01. The van der Waals surface area contributed by atoms with Crippen LogP contribution in [0.3, 0.4) is 0 Å². The minimum absolute atomic E-state index is 0.0444. The summed E-state index contributed by atoms with van der Waals surface area (Å²) in [6.07, 6.45) is 1.60. The number of phenols is 1. The van der Waals surface area contributed by atoms with Gasteiger partial charge >= 0.3 is 6.03 Å². The van der Waals surface area contributed by atoms with Gasteiger partial charge in [-0.05, 0) is 74.0 Å². The van der Waals surface area contributed by atoms with Crippen molar-refractivity contribution in [2.24, 2.45) is 0 Å². The molecule has 29 heavy (non-hydrogen) atoms. The zero-order valence-electron chi connectivity index (χ0n) is 17.2. The van der Waals surface area contributed by atoms with Gasteiger partial charge in [-0.1, -0.05) is 30.3 Å². The molecule has 3 N–H and O–H groups in total. The van der Waals surface area contributed by atoms with Crippen molar-refractivity contribution in [2.75, 3.05) is 20.6 Å². The van der Waals surface area contributed by atoms with Crippen LogP contribution in [0.25, 0.3) is 10.1 Å². The Kier molecular flexibility index (Phi) is 7.12. The summed E-state index contributed by atoms with van der Waals surface area (Å²) in [4.78, 5) is 14.5. The Balaban J connectivity index is 1.50. The van der Waals surface area contributed by atoms with E-state index in [0.717, 1.165) is 18.4 Å². The summed E-state index contributed by atoms with van der Waals surface area (Å²) in [6.45, 7) is 2.58. The zero-order valence-corrected chi connectivity index (χ0v) is 18.0. The maximum Gasteiger partial charge on any atom is 0.315 e. The summed E-state index contributed by atoms with van der Waals surface area (Å²) in [5.74, 6) is 0.264. The number of urea groups is 1. The number of nitrogens with one attached hydrogen (secondary N) is 2. The van der Waals surface area contributed by atoms with Gasteiger partial charge in [0.25, 0.3) is 0 Å². The Hall–Kier alpha value is -2.57. The van der Waals surface area contributed by atoms with Crippen LogP contribution in [0.4, 0.5) is 4.79 Å². The summed E-state index contributed by atoms with van der Waals surface area (Å²) in [5, 5.41) is 18.9. The second-order valence-corrected chi connectivity index (χ2v) is 8.62. The monoisotopic (exact) mass is 411 g/mol. The molecule has 0 bridgehead atoms. The van der Waals surface area contributed by atoms with Crippen LogP contribution in [0.5, 0.6) is 5.75 Å². The largest absolute Gasteiger partial charge is 0.508 e. The van der Waals surface area contributed by atoms with Gasteiger partial charge in [0.05, 0.1) is 0 Å². The van der Waals surface area contributed by atoms with Gasteiger partial charge in [0.1, 0.15) is 5.75 Å². The summed E-state index contributed by atoms with van der Waals surface area (Å²) >= 11 is 1.74. The highest BCUT2D eigenvalue weighted by atomic mass is 32.1. The maximum absolute atomic E-state index is 12.4. The van der Waals surface area contributed by atoms with Crippen molar-refractivity contribution in [3.05, 3.63) is 65.0 Å². The molecule has 0 aliphatic carbocycles. The lowest BCUT2D eigenvalue weighted by atomic mass is 10.0. The lowest BCUT2D eigenvalue weighted by Gasteiger charge is -2.25. The van der Waals surface area contributed by atoms with Gasteiger partial charge in [-0.3, -0.25) is 0 Å². The first-order valence-electron chi connectivity index (χ1n) is 9.86. The second kappa shape index (κ2) is 9.76. The molecule has 3 rings (SSSR count). The Bertz CT molecular complexity index is 937. The quantitative estimate of drug-likeness (QED) is 0.525. The molecule has 0 aliphatic rings. The van der Waals surface area contributed by atoms with E-state index in [2.05, 4.69) is 45.2 Å². The summed E-state index contributed by atoms with van der Waals surface area (Å²) in [5.41, 5.74) is 2.40. The van der Waals surface area contributed by atoms with Crippen molar-refractivity contribution < 1.29 is 9.90 Å². The summed E-state index contributed by atoms with van der Waals surface area (Å²) in [6, 6.07) is 15.7. The first-order valence-corrected chi connectivity index (χ1v) is 10.7. The molecule has 2 amide bonds. The van der Waals surface area contributed by atoms with Gasteiger partial charge in [-0.2, -0.15) is 0 Å². The average molecular weight is 412 g/mol. The van der Waals surface area contributed by atoms with Gasteiger partial charge < -0.3 is 20.6 Å². The number of phenolic OH excluding ortho intramolecular Hbond substituents is 1. The van der Waals surface area contributed by atoms with E-state index in [0.29, 0.717) is 6.54 Å². The number of likely N-dealkylation sites (N-methyl/N-ethyl adjacent to an activating group) is 1. The number of hydrogen-bond acceptors (Lipinski definition) is 4. The minimum Gasteiger partial charge on any atom is -0.508 e. The fraction of sp³-hybridized carbons (Fsp3) is 0.348. The molecule has 5 nitrogen and oxygen atoms in total. The van der Waals surface area contributed by atoms with Crippen LogP contribution < -0.4 is 10.6 Å². The molecule has 0 radical (unpaired) electrons. The molecule has 0 saturated heterocycles. The smallest absolute Gasteiger partial charge is 0.315 e. The van der Waals surface area contributed by atoms with E-state index < -0.39 is 0 Å². The van der Waals surface area contributed by atoms with E-state index in [9.17, 15) is 9.90 Å². The topological polar surface area (TPSA) is 64.6 Å². The Morgan fingerprint density at radius 3 is 2.55 bits per heavy atom. The first kappa shape index (κ1) is 21.1. The molecule has 2 atom stereocenters. The van der Waals surface area contributed by atoms with Gasteiger partial charge in [-0.15, -0.1) is 11.3 Å². The molecule has 1 heterocycles. The van der Waals surface area contributed by atoms with Crippen molar-refractivity contribution in [3.8, 4) is 5.75 Å². The highest BCUT2D eigenvalue weighted by molar-refractivity contribution is 7.17. The van der Waals surface area contributed by atoms with Crippen LogP contribution in [-0.4, -0.2) is 48.8 Å². The van der Waals surface area contributed by atoms with E-state index in [1.807, 2.05) is 33.2 Å². The predicted molar refractivity (Wildman–Crippen MR) is 121 cm³/mol. The number of hydrogen-bond donors (Lipinski definition) is 3. The highest BCUT2D eigenvalue weighted by Crippen LogP contribution is 2.26. The number of nitrogens with zero attached hydrogens (tertiary/aromatic N) is 1. The van der Waals surface area contributed by atoms with Crippen molar-refractivity contribution in [1.29, 1.82) is 0 Å². The van der Waals surface area contributed by atoms with E-state index in [1.54, 1.807) is 23.5 Å². The van der Waals surface area contributed by atoms with E-state index in [-0.39, 0.29) is 23.9 Å². The molecule has 0 fully saturated rings. The standard InChI is InChI=1S/C23H29N3O2S/c1-16(12-18-15-29-22-7-5-4-6-21(18)22)25-23(28)24-14-19(26(2)3)13-17-8-10-20(27)11-9-17/h4-11,15-16,19,27H,12-14H2,1-3H3,(H2,24,25,28)/t16-,19-/m0/s1. The fourth-order valence-corrected chi connectivity index (χ4v) is 4.37. The molecule has 0 spiro atoms. The first-order chi connectivity index (χ1) is 13.9. The third-order valence-corrected chi connectivity index (χ3v) is 6.11. The SMILES string of the molecule is C[C@@H](Cc1csc2ccccc12)NC(=O)NC[C@H](Cc1ccc(O)cc1)N(C)C. The number of carbonyl (C=O) groups is 1. The zero-order chi connectivity index (χ0) is 20.8. The third-order valence-electron chi connectivity index (χ3n) is 5.10. The number of amides is 2. The van der Waals surface area contributed by atoms with Crippen molar-refractivity contribution in [2.45, 2.75) is 31.8 Å². The Labute approximate surface area is 176 Å². The average Bonchev–Trinajstić information content (AvgIpc) is 3.09. The summed E-state index contributed by atoms with van der Waals surface area (Å²) in [7, 11) is 4.02. The van der Waals surface area contributed by atoms with Crippen LogP contribution in [0, 0.1) is 0 Å². The van der Waals surface area contributed by atoms with E-state index >= 15 is 0 Å². The summed E-state index contributed by atoms with van der Waals surface area (Å²) < 4.78 is 1.28. The number of fused-ring (bicyclic) bond motifs is 1. The van der Waals surface area contributed by atoms with Crippen LogP contribution in [-0.2, 0) is 12.8 Å². The van der Waals surface area contributed by atoms with Crippen LogP contribution in [0.15, 0.2) is 53.9 Å². The Morgan fingerprint density at radius 1 is 1.10 bits per heavy atom. The van der Waals surface area contributed by atoms with E-state index in [4.69, 9.17) is 0 Å². The van der Waals surface area contributed by atoms with Crippen LogP contribution in [0.1, 0.15) is 18.1 Å². The molecule has 0 aliphatic heterocycles. The minimum atomic E-state index is -0.144. The van der Waals surface area contributed by atoms with Gasteiger partial charge in [0.2, 0.25) is 0 Å². The number of thiophene rings is 1. The molecular weight excluding hydrogens is 382 g/mol. The van der Waals surface area contributed by atoms with Gasteiger partial charge in [0.15, 0.2) is 0 Å². The fourth-order valence-electron chi connectivity index (χ4n) is 3.40. The van der Waals surface area contributed by atoms with Crippen molar-refractivity contribution >= 4 is 27.5 Å². The highest BCUT2D eigenvalue weighted by Gasteiger charge is 2.15. The number of rotatable bonds is 8. The molecule has 1 aromatic heterocycles. The molecule has 154 valence electrons.